The molecule has 2 atom stereocenters. The van der Waals surface area contributed by atoms with Gasteiger partial charge in [0.2, 0.25) is 5.91 Å². The van der Waals surface area contributed by atoms with Crippen molar-refractivity contribution in [2.75, 3.05) is 11.9 Å². The quantitative estimate of drug-likeness (QED) is 0.645. The molecule has 4 rings (SSSR count). The minimum Gasteiger partial charge on any atom is -0.315 e. The maximum atomic E-state index is 13.5. The number of alkyl halides is 3. The molecule has 140 valence electrons. The third-order valence-corrected chi connectivity index (χ3v) is 5.95. The van der Waals surface area contributed by atoms with E-state index in [-0.39, 0.29) is 0 Å². The Balaban J connectivity index is 1.96. The van der Waals surface area contributed by atoms with Gasteiger partial charge < -0.3 is 4.90 Å². The van der Waals surface area contributed by atoms with E-state index in [4.69, 9.17) is 0 Å². The van der Waals surface area contributed by atoms with Crippen LogP contribution >= 0.6 is 15.9 Å². The van der Waals surface area contributed by atoms with Gasteiger partial charge in [0.05, 0.1) is 17.5 Å². The Labute approximate surface area is 163 Å². The standard InChI is InChI=1S/C20H16BrF3N2O/c1-18(11-19(22,23)24)17(27)26(2)15-9-8-13(21)10-14(15)20(18)16(25-20)12-6-4-3-5-7-12/h3-10H,11H2,1-2H3/t18-,20+/m1/s1. The van der Waals surface area contributed by atoms with Crippen LogP contribution in [0.3, 0.4) is 0 Å². The molecular weight excluding hydrogens is 421 g/mol. The van der Waals surface area contributed by atoms with E-state index in [0.717, 1.165) is 10.0 Å². The van der Waals surface area contributed by atoms with Crippen molar-refractivity contribution >= 4 is 33.2 Å². The second-order valence-corrected chi connectivity index (χ2v) is 8.10. The van der Waals surface area contributed by atoms with Gasteiger partial charge in [0.25, 0.3) is 0 Å². The number of carbonyl (C=O) groups is 1. The molecular formula is C20H16BrF3N2O. The van der Waals surface area contributed by atoms with Crippen LogP contribution < -0.4 is 4.90 Å². The zero-order chi connectivity index (χ0) is 19.6. The van der Waals surface area contributed by atoms with Gasteiger partial charge in [-0.3, -0.25) is 9.79 Å². The van der Waals surface area contributed by atoms with Gasteiger partial charge in [-0.1, -0.05) is 46.3 Å². The number of hydrogen-bond donors (Lipinski definition) is 0. The summed E-state index contributed by atoms with van der Waals surface area (Å²) < 4.78 is 41.3. The molecule has 2 aliphatic rings. The number of halogens is 4. The van der Waals surface area contributed by atoms with Gasteiger partial charge in [-0.2, -0.15) is 13.2 Å². The number of rotatable bonds is 2. The van der Waals surface area contributed by atoms with E-state index in [1.165, 1.54) is 18.9 Å². The monoisotopic (exact) mass is 436 g/mol. The molecule has 7 heteroatoms. The maximum absolute atomic E-state index is 13.5. The molecule has 0 unspecified atom stereocenters. The summed E-state index contributed by atoms with van der Waals surface area (Å²) in [4.78, 5) is 19.0. The Kier molecular flexibility index (Phi) is 3.83. The average Bonchev–Trinajstić information content (AvgIpc) is 3.36. The van der Waals surface area contributed by atoms with E-state index >= 15 is 0 Å². The third kappa shape index (κ3) is 2.55. The minimum atomic E-state index is -4.50. The highest BCUT2D eigenvalue weighted by Gasteiger charge is 2.70. The number of anilines is 1. The summed E-state index contributed by atoms with van der Waals surface area (Å²) in [6.45, 7) is 1.38. The van der Waals surface area contributed by atoms with Crippen molar-refractivity contribution in [3.8, 4) is 0 Å². The van der Waals surface area contributed by atoms with Crippen molar-refractivity contribution < 1.29 is 18.0 Å². The molecule has 3 nitrogen and oxygen atoms in total. The number of carbonyl (C=O) groups excluding carboxylic acids is 1. The second-order valence-electron chi connectivity index (χ2n) is 7.19. The normalized spacial score (nSPS) is 26.8. The summed E-state index contributed by atoms with van der Waals surface area (Å²) in [5, 5.41) is 0. The van der Waals surface area contributed by atoms with E-state index in [2.05, 4.69) is 20.9 Å². The molecule has 0 N–H and O–H groups in total. The predicted octanol–water partition coefficient (Wildman–Crippen LogP) is 5.08. The zero-order valence-corrected chi connectivity index (χ0v) is 16.2. The van der Waals surface area contributed by atoms with Crippen LogP contribution in [0, 0.1) is 5.41 Å². The summed E-state index contributed by atoms with van der Waals surface area (Å²) in [7, 11) is 1.52. The van der Waals surface area contributed by atoms with Crippen molar-refractivity contribution in [3.05, 3.63) is 64.1 Å². The molecule has 0 aliphatic carbocycles. The minimum absolute atomic E-state index is 0.524. The van der Waals surface area contributed by atoms with Crippen molar-refractivity contribution in [2.24, 2.45) is 10.4 Å². The molecule has 0 bridgehead atoms. The number of amides is 1. The van der Waals surface area contributed by atoms with Crippen LogP contribution in [0.25, 0.3) is 0 Å². The van der Waals surface area contributed by atoms with Crippen LogP contribution in [0.2, 0.25) is 0 Å². The van der Waals surface area contributed by atoms with E-state index in [1.54, 1.807) is 18.2 Å². The molecule has 27 heavy (non-hydrogen) atoms. The van der Waals surface area contributed by atoms with Crippen molar-refractivity contribution in [1.82, 2.24) is 0 Å². The van der Waals surface area contributed by atoms with Crippen LogP contribution in [0.1, 0.15) is 24.5 Å². The number of fused-ring (bicyclic) bond motifs is 2. The first-order chi connectivity index (χ1) is 12.6. The van der Waals surface area contributed by atoms with Crippen molar-refractivity contribution in [1.29, 1.82) is 0 Å². The second kappa shape index (κ2) is 5.67. The zero-order valence-electron chi connectivity index (χ0n) is 14.6. The highest BCUT2D eigenvalue weighted by Crippen LogP contribution is 2.63. The number of aliphatic imine (C=N–C) groups is 1. The lowest BCUT2D eigenvalue weighted by Gasteiger charge is -2.45. The van der Waals surface area contributed by atoms with Gasteiger partial charge >= 0.3 is 6.18 Å². The van der Waals surface area contributed by atoms with Gasteiger partial charge in [0, 0.05) is 22.8 Å². The van der Waals surface area contributed by atoms with Gasteiger partial charge in [-0.05, 0) is 30.7 Å². The smallest absolute Gasteiger partial charge is 0.315 e. The van der Waals surface area contributed by atoms with Gasteiger partial charge in [0.15, 0.2) is 0 Å². The van der Waals surface area contributed by atoms with Gasteiger partial charge in [-0.15, -0.1) is 0 Å². The molecule has 0 saturated heterocycles. The lowest BCUT2D eigenvalue weighted by atomic mass is 9.63. The Hall–Kier alpha value is -2.15. The first-order valence-electron chi connectivity index (χ1n) is 8.41. The SMILES string of the molecule is CN1C(=O)[C@@](C)(CC(F)(F)F)[C@]2(N=C2c2ccccc2)c2cc(Br)ccc21. The number of nitrogens with zero attached hydrogens (tertiary/aromatic N) is 2. The van der Waals surface area contributed by atoms with Crippen LogP contribution in [0.15, 0.2) is 58.0 Å². The molecule has 0 aromatic heterocycles. The van der Waals surface area contributed by atoms with Crippen LogP contribution in [-0.2, 0) is 10.3 Å². The molecule has 2 aliphatic heterocycles. The lowest BCUT2D eigenvalue weighted by molar-refractivity contribution is -0.169. The Morgan fingerprint density at radius 3 is 2.44 bits per heavy atom. The van der Waals surface area contributed by atoms with E-state index in [1.807, 2.05) is 30.3 Å². The summed E-state index contributed by atoms with van der Waals surface area (Å²) in [5.41, 5.74) is -0.613. The Morgan fingerprint density at radius 2 is 1.81 bits per heavy atom. The molecule has 1 amide bonds. The lowest BCUT2D eigenvalue weighted by Crippen LogP contribution is -2.56. The molecule has 2 heterocycles. The largest absolute Gasteiger partial charge is 0.390 e. The fourth-order valence-corrected chi connectivity index (χ4v) is 4.57. The van der Waals surface area contributed by atoms with E-state index in [9.17, 15) is 18.0 Å². The maximum Gasteiger partial charge on any atom is 0.390 e. The average molecular weight is 437 g/mol. The highest BCUT2D eigenvalue weighted by atomic mass is 79.9. The summed E-state index contributed by atoms with van der Waals surface area (Å²) in [6, 6.07) is 14.3. The Bertz CT molecular complexity index is 973. The third-order valence-electron chi connectivity index (χ3n) is 5.46. The van der Waals surface area contributed by atoms with Crippen LogP contribution in [-0.4, -0.2) is 24.8 Å². The molecule has 0 saturated carbocycles. The number of hydrogen-bond acceptors (Lipinski definition) is 2. The molecule has 0 fully saturated rings. The molecule has 2 aromatic rings. The molecule has 0 radical (unpaired) electrons. The Morgan fingerprint density at radius 1 is 1.15 bits per heavy atom. The van der Waals surface area contributed by atoms with Crippen molar-refractivity contribution in [3.63, 3.8) is 0 Å². The van der Waals surface area contributed by atoms with Crippen LogP contribution in [0.4, 0.5) is 18.9 Å². The van der Waals surface area contributed by atoms with Gasteiger partial charge in [0.1, 0.15) is 5.54 Å². The van der Waals surface area contributed by atoms with E-state index in [0.29, 0.717) is 17.0 Å². The summed E-state index contributed by atoms with van der Waals surface area (Å²) in [6.07, 6.45) is -5.74. The van der Waals surface area contributed by atoms with E-state index < -0.39 is 29.5 Å². The van der Waals surface area contributed by atoms with Crippen LogP contribution in [0.5, 0.6) is 0 Å². The van der Waals surface area contributed by atoms with Crippen molar-refractivity contribution in [2.45, 2.75) is 25.1 Å². The highest BCUT2D eigenvalue weighted by molar-refractivity contribution is 9.10. The summed E-state index contributed by atoms with van der Waals surface area (Å²) >= 11 is 3.40. The topological polar surface area (TPSA) is 32.7 Å². The molecule has 2 aromatic carbocycles. The first kappa shape index (κ1) is 18.2. The first-order valence-corrected chi connectivity index (χ1v) is 9.20. The fraction of sp³-hybridized carbons (Fsp3) is 0.300. The molecule has 1 spiro atoms. The van der Waals surface area contributed by atoms with Gasteiger partial charge in [-0.25, -0.2) is 0 Å². The predicted molar refractivity (Wildman–Crippen MR) is 101 cm³/mol. The fourth-order valence-electron chi connectivity index (χ4n) is 4.21. The summed E-state index contributed by atoms with van der Waals surface area (Å²) in [5.74, 6) is -0.579. The number of benzene rings is 2.